The van der Waals surface area contributed by atoms with E-state index in [9.17, 15) is 0 Å². The maximum absolute atomic E-state index is 5.76. The Labute approximate surface area is 57.6 Å². The van der Waals surface area contributed by atoms with Crippen LogP contribution in [0.15, 0.2) is 0 Å². The molecular weight excluding hydrogens is 110 g/mol. The number of rotatable bonds is 1. The van der Waals surface area contributed by atoms with E-state index in [1.54, 1.807) is 0 Å². The van der Waals surface area contributed by atoms with Gasteiger partial charge in [-0.1, -0.05) is 13.8 Å². The predicted molar refractivity (Wildman–Crippen MR) is 40.2 cm³/mol. The van der Waals surface area contributed by atoms with Gasteiger partial charge in [0.25, 0.3) is 0 Å². The van der Waals surface area contributed by atoms with Gasteiger partial charge < -0.3 is 5.73 Å². The molecule has 0 bridgehead atoms. The first-order chi connectivity index (χ1) is 4.20. The normalized spacial score (nSPS) is 36.0. The summed E-state index contributed by atoms with van der Waals surface area (Å²) in [6.07, 6.45) is 3.87. The first-order valence-corrected chi connectivity index (χ1v) is 3.95. The largest absolute Gasteiger partial charge is 0.328 e. The van der Waals surface area contributed by atoms with Crippen molar-refractivity contribution in [2.75, 3.05) is 0 Å². The van der Waals surface area contributed by atoms with Crippen LogP contribution < -0.4 is 5.73 Å². The molecule has 0 amide bonds. The second kappa shape index (κ2) is 2.70. The smallest absolute Gasteiger partial charge is 0.00416 e. The third kappa shape index (κ3) is 1.68. The van der Waals surface area contributed by atoms with Crippen LogP contribution in [0.2, 0.25) is 0 Å². The van der Waals surface area contributed by atoms with Gasteiger partial charge >= 0.3 is 0 Å². The van der Waals surface area contributed by atoms with E-state index < -0.39 is 0 Å². The highest BCUT2D eigenvalue weighted by molar-refractivity contribution is 4.79. The van der Waals surface area contributed by atoms with E-state index in [0.717, 1.165) is 11.8 Å². The molecule has 0 spiro atoms. The summed E-state index contributed by atoms with van der Waals surface area (Å²) >= 11 is 0. The Balaban J connectivity index is 2.30. The monoisotopic (exact) mass is 127 g/mol. The Hall–Kier alpha value is -0.0400. The van der Waals surface area contributed by atoms with Crippen molar-refractivity contribution in [1.29, 1.82) is 0 Å². The van der Waals surface area contributed by atoms with Gasteiger partial charge in [-0.25, -0.2) is 0 Å². The van der Waals surface area contributed by atoms with Crippen molar-refractivity contribution in [1.82, 2.24) is 0 Å². The third-order valence-corrected chi connectivity index (χ3v) is 2.46. The lowest BCUT2D eigenvalue weighted by molar-refractivity contribution is 0.391. The zero-order chi connectivity index (χ0) is 6.85. The lowest BCUT2D eigenvalue weighted by Gasteiger charge is -2.12. The van der Waals surface area contributed by atoms with Crippen molar-refractivity contribution in [3.8, 4) is 0 Å². The summed E-state index contributed by atoms with van der Waals surface area (Å²) in [5, 5.41) is 0. The van der Waals surface area contributed by atoms with Gasteiger partial charge in [-0.15, -0.1) is 0 Å². The van der Waals surface area contributed by atoms with Gasteiger partial charge in [0.05, 0.1) is 0 Å². The summed E-state index contributed by atoms with van der Waals surface area (Å²) in [5.74, 6) is 1.76. The highest BCUT2D eigenvalue weighted by atomic mass is 14.6. The van der Waals surface area contributed by atoms with Crippen molar-refractivity contribution in [3.05, 3.63) is 0 Å². The van der Waals surface area contributed by atoms with Crippen molar-refractivity contribution in [2.45, 2.75) is 39.2 Å². The molecule has 1 heteroatoms. The molecule has 1 fully saturated rings. The minimum atomic E-state index is 0.511. The van der Waals surface area contributed by atoms with Gasteiger partial charge in [-0.3, -0.25) is 0 Å². The molecule has 0 aliphatic heterocycles. The Morgan fingerprint density at radius 1 is 1.33 bits per heavy atom. The van der Waals surface area contributed by atoms with E-state index >= 15 is 0 Å². The van der Waals surface area contributed by atoms with Crippen molar-refractivity contribution in [3.63, 3.8) is 0 Å². The predicted octanol–water partition coefficient (Wildman–Crippen LogP) is 1.77. The van der Waals surface area contributed by atoms with Crippen LogP contribution in [0.3, 0.4) is 0 Å². The Bertz CT molecular complexity index is 88.6. The van der Waals surface area contributed by atoms with E-state index in [1.807, 2.05) is 0 Å². The van der Waals surface area contributed by atoms with E-state index in [-0.39, 0.29) is 0 Å². The van der Waals surface area contributed by atoms with Crippen LogP contribution in [0, 0.1) is 11.8 Å². The molecule has 1 aliphatic carbocycles. The Kier molecular flexibility index (Phi) is 2.12. The van der Waals surface area contributed by atoms with Crippen LogP contribution in [0.4, 0.5) is 0 Å². The van der Waals surface area contributed by atoms with Crippen LogP contribution in [-0.2, 0) is 0 Å². The maximum Gasteiger partial charge on any atom is 0.00416 e. The molecule has 0 aromatic carbocycles. The van der Waals surface area contributed by atoms with Crippen LogP contribution >= 0.6 is 0 Å². The molecule has 1 aliphatic rings. The van der Waals surface area contributed by atoms with Crippen LogP contribution in [0.1, 0.15) is 33.1 Å². The molecule has 0 saturated heterocycles. The van der Waals surface area contributed by atoms with Crippen LogP contribution in [0.25, 0.3) is 0 Å². The summed E-state index contributed by atoms with van der Waals surface area (Å²) in [7, 11) is 0. The zero-order valence-corrected chi connectivity index (χ0v) is 6.43. The standard InChI is InChI=1S/C8H17N/c1-6(2)7-3-4-8(9)5-7/h6-8H,3-5,9H2,1-2H3. The molecule has 2 atom stereocenters. The van der Waals surface area contributed by atoms with Crippen molar-refractivity contribution >= 4 is 0 Å². The van der Waals surface area contributed by atoms with Crippen LogP contribution in [0.5, 0.6) is 0 Å². The lowest BCUT2D eigenvalue weighted by Crippen LogP contribution is -2.15. The summed E-state index contributed by atoms with van der Waals surface area (Å²) in [5.41, 5.74) is 5.76. The summed E-state index contributed by atoms with van der Waals surface area (Å²) < 4.78 is 0. The van der Waals surface area contributed by atoms with Crippen molar-refractivity contribution in [2.24, 2.45) is 17.6 Å². The molecule has 0 aromatic rings. The van der Waals surface area contributed by atoms with Gasteiger partial charge in [0.2, 0.25) is 0 Å². The summed E-state index contributed by atoms with van der Waals surface area (Å²) in [6, 6.07) is 0.511. The quantitative estimate of drug-likeness (QED) is 0.570. The number of nitrogens with two attached hydrogens (primary N) is 1. The lowest BCUT2D eigenvalue weighted by atomic mass is 9.94. The molecule has 0 heterocycles. The van der Waals surface area contributed by atoms with Gasteiger partial charge in [0.15, 0.2) is 0 Å². The molecule has 0 radical (unpaired) electrons. The third-order valence-electron chi connectivity index (χ3n) is 2.46. The average Bonchev–Trinajstić information content (AvgIpc) is 2.14. The first-order valence-electron chi connectivity index (χ1n) is 3.95. The number of hydrogen-bond acceptors (Lipinski definition) is 1. The van der Waals surface area contributed by atoms with Crippen LogP contribution in [-0.4, -0.2) is 6.04 Å². The second-order valence-electron chi connectivity index (χ2n) is 3.58. The second-order valence-corrected chi connectivity index (χ2v) is 3.58. The van der Waals surface area contributed by atoms with Gasteiger partial charge in [0, 0.05) is 6.04 Å². The highest BCUT2D eigenvalue weighted by Crippen LogP contribution is 2.29. The minimum absolute atomic E-state index is 0.511. The van der Waals surface area contributed by atoms with E-state index in [2.05, 4.69) is 13.8 Å². The Morgan fingerprint density at radius 2 is 2.00 bits per heavy atom. The first kappa shape index (κ1) is 7.07. The van der Waals surface area contributed by atoms with E-state index in [0.29, 0.717) is 6.04 Å². The fourth-order valence-electron chi connectivity index (χ4n) is 1.66. The zero-order valence-electron chi connectivity index (χ0n) is 6.43. The molecule has 1 rings (SSSR count). The Morgan fingerprint density at radius 3 is 2.22 bits per heavy atom. The molecule has 2 unspecified atom stereocenters. The molecular formula is C8H17N. The molecule has 0 aromatic heterocycles. The molecule has 9 heavy (non-hydrogen) atoms. The topological polar surface area (TPSA) is 26.0 Å². The number of hydrogen-bond donors (Lipinski definition) is 1. The molecule has 1 saturated carbocycles. The van der Waals surface area contributed by atoms with E-state index in [1.165, 1.54) is 19.3 Å². The SMILES string of the molecule is CC(C)C1CCC(N)C1. The summed E-state index contributed by atoms with van der Waals surface area (Å²) in [4.78, 5) is 0. The fourth-order valence-corrected chi connectivity index (χ4v) is 1.66. The van der Waals surface area contributed by atoms with Gasteiger partial charge in [0.1, 0.15) is 0 Å². The van der Waals surface area contributed by atoms with Crippen molar-refractivity contribution < 1.29 is 0 Å². The highest BCUT2D eigenvalue weighted by Gasteiger charge is 2.23. The maximum atomic E-state index is 5.76. The fraction of sp³-hybridized carbons (Fsp3) is 1.00. The average molecular weight is 127 g/mol. The van der Waals surface area contributed by atoms with E-state index in [4.69, 9.17) is 5.73 Å². The minimum Gasteiger partial charge on any atom is -0.328 e. The molecule has 2 N–H and O–H groups in total. The summed E-state index contributed by atoms with van der Waals surface area (Å²) in [6.45, 7) is 4.59. The molecule has 54 valence electrons. The van der Waals surface area contributed by atoms with Gasteiger partial charge in [-0.05, 0) is 31.1 Å². The van der Waals surface area contributed by atoms with Gasteiger partial charge in [-0.2, -0.15) is 0 Å². The molecule has 1 nitrogen and oxygen atoms in total.